The van der Waals surface area contributed by atoms with Crippen LogP contribution in [0, 0.1) is 5.92 Å². The average Bonchev–Trinajstić information content (AvgIpc) is 2.38. The maximum atomic E-state index is 11.2. The molecule has 1 atom stereocenters. The number of hydrogen-bond acceptors (Lipinski definition) is 4. The van der Waals surface area contributed by atoms with E-state index in [9.17, 15) is 9.90 Å². The van der Waals surface area contributed by atoms with Crippen molar-refractivity contribution in [1.29, 1.82) is 0 Å². The molecule has 0 aliphatic carbocycles. The quantitative estimate of drug-likeness (QED) is 0.859. The molecule has 2 aromatic rings. The molecule has 0 bridgehead atoms. The van der Waals surface area contributed by atoms with Crippen molar-refractivity contribution in [2.24, 2.45) is 5.92 Å². The fourth-order valence-electron chi connectivity index (χ4n) is 1.95. The fourth-order valence-corrected chi connectivity index (χ4v) is 1.95. The lowest BCUT2D eigenvalue weighted by atomic mass is 9.97. The molecule has 4 nitrogen and oxygen atoms in total. The summed E-state index contributed by atoms with van der Waals surface area (Å²) in [6, 6.07) is 6.69. The van der Waals surface area contributed by atoms with Crippen LogP contribution in [0.5, 0.6) is 5.75 Å². The van der Waals surface area contributed by atoms with E-state index in [0.29, 0.717) is 17.8 Å². The summed E-state index contributed by atoms with van der Waals surface area (Å²) < 4.78 is 10.4. The first kappa shape index (κ1) is 13.6. The number of aliphatic hydroxyl groups excluding tert-OH is 1. The third-order valence-corrected chi connectivity index (χ3v) is 3.22. The third kappa shape index (κ3) is 2.96. The number of rotatable bonds is 4. The van der Waals surface area contributed by atoms with E-state index in [1.54, 1.807) is 19.2 Å². The van der Waals surface area contributed by atoms with Gasteiger partial charge in [-0.2, -0.15) is 0 Å². The third-order valence-electron chi connectivity index (χ3n) is 3.22. The zero-order chi connectivity index (χ0) is 14.0. The van der Waals surface area contributed by atoms with E-state index in [2.05, 4.69) is 0 Å². The Morgan fingerprint density at radius 1 is 1.32 bits per heavy atom. The van der Waals surface area contributed by atoms with E-state index in [-0.39, 0.29) is 11.5 Å². The van der Waals surface area contributed by atoms with Crippen LogP contribution < -0.4 is 10.4 Å². The molecule has 0 aliphatic heterocycles. The number of ether oxygens (including phenoxy) is 1. The Morgan fingerprint density at radius 2 is 2.05 bits per heavy atom. The molecule has 0 spiro atoms. The standard InChI is InChI=1S/C15H18O4/c1-9(2)12(16)7-11-6-10-4-5-15(17)19-14(10)8-13(11)18-3/h4-6,8-9,12,16H,7H2,1-3H3. The lowest BCUT2D eigenvalue weighted by molar-refractivity contribution is 0.125. The van der Waals surface area contributed by atoms with Crippen LogP contribution in [-0.4, -0.2) is 18.3 Å². The molecule has 1 aromatic heterocycles. The molecule has 0 saturated carbocycles. The van der Waals surface area contributed by atoms with Gasteiger partial charge in [-0.15, -0.1) is 0 Å². The minimum atomic E-state index is -0.429. The Hall–Kier alpha value is -1.81. The Morgan fingerprint density at radius 3 is 2.68 bits per heavy atom. The second-order valence-corrected chi connectivity index (χ2v) is 4.97. The summed E-state index contributed by atoms with van der Waals surface area (Å²) in [5, 5.41) is 10.8. The Kier molecular flexibility index (Phi) is 3.90. The van der Waals surface area contributed by atoms with Gasteiger partial charge in [-0.3, -0.25) is 0 Å². The van der Waals surface area contributed by atoms with Crippen molar-refractivity contribution in [3.63, 3.8) is 0 Å². The zero-order valence-corrected chi connectivity index (χ0v) is 11.3. The topological polar surface area (TPSA) is 59.7 Å². The highest BCUT2D eigenvalue weighted by Crippen LogP contribution is 2.27. The van der Waals surface area contributed by atoms with E-state index in [4.69, 9.17) is 9.15 Å². The maximum absolute atomic E-state index is 11.2. The summed E-state index contributed by atoms with van der Waals surface area (Å²) in [5.74, 6) is 0.802. The molecule has 0 saturated heterocycles. The molecule has 0 radical (unpaired) electrons. The Balaban J connectivity index is 2.48. The molecule has 1 aromatic carbocycles. The minimum Gasteiger partial charge on any atom is -0.496 e. The summed E-state index contributed by atoms with van der Waals surface area (Å²) in [4.78, 5) is 11.2. The van der Waals surface area contributed by atoms with Gasteiger partial charge in [-0.25, -0.2) is 4.79 Å². The van der Waals surface area contributed by atoms with Gasteiger partial charge >= 0.3 is 5.63 Å². The summed E-state index contributed by atoms with van der Waals surface area (Å²) in [6.07, 6.45) is 0.0812. The van der Waals surface area contributed by atoms with Gasteiger partial charge in [-0.05, 0) is 23.6 Å². The predicted octanol–water partition coefficient (Wildman–Crippen LogP) is 2.36. The van der Waals surface area contributed by atoms with Crippen molar-refractivity contribution in [2.45, 2.75) is 26.4 Å². The predicted molar refractivity (Wildman–Crippen MR) is 73.6 cm³/mol. The molecular weight excluding hydrogens is 244 g/mol. The Bertz CT molecular complexity index is 628. The fraction of sp³-hybridized carbons (Fsp3) is 0.400. The van der Waals surface area contributed by atoms with E-state index in [1.165, 1.54) is 6.07 Å². The first-order chi connectivity index (χ1) is 9.01. The van der Waals surface area contributed by atoms with Crippen LogP contribution in [0.15, 0.2) is 33.5 Å². The van der Waals surface area contributed by atoms with Crippen molar-refractivity contribution in [3.8, 4) is 5.75 Å². The van der Waals surface area contributed by atoms with Gasteiger partial charge in [0, 0.05) is 23.9 Å². The summed E-state index contributed by atoms with van der Waals surface area (Å²) in [6.45, 7) is 3.94. The number of benzene rings is 1. The van der Waals surface area contributed by atoms with Gasteiger partial charge in [0.1, 0.15) is 11.3 Å². The number of hydrogen-bond donors (Lipinski definition) is 1. The van der Waals surface area contributed by atoms with E-state index < -0.39 is 6.10 Å². The summed E-state index contributed by atoms with van der Waals surface area (Å²) >= 11 is 0. The highest BCUT2D eigenvalue weighted by atomic mass is 16.5. The van der Waals surface area contributed by atoms with Crippen LogP contribution in [0.1, 0.15) is 19.4 Å². The molecule has 0 aliphatic rings. The average molecular weight is 262 g/mol. The molecule has 4 heteroatoms. The second-order valence-electron chi connectivity index (χ2n) is 4.97. The van der Waals surface area contributed by atoms with E-state index >= 15 is 0 Å². The van der Waals surface area contributed by atoms with Crippen molar-refractivity contribution in [3.05, 3.63) is 40.2 Å². The monoisotopic (exact) mass is 262 g/mol. The summed E-state index contributed by atoms with van der Waals surface area (Å²) in [7, 11) is 1.56. The zero-order valence-electron chi connectivity index (χ0n) is 11.3. The van der Waals surface area contributed by atoms with Crippen LogP contribution in [0.3, 0.4) is 0 Å². The highest BCUT2D eigenvalue weighted by molar-refractivity contribution is 5.79. The maximum Gasteiger partial charge on any atom is 0.336 e. The van der Waals surface area contributed by atoms with E-state index in [1.807, 2.05) is 19.9 Å². The molecule has 19 heavy (non-hydrogen) atoms. The minimum absolute atomic E-state index is 0.175. The number of fused-ring (bicyclic) bond motifs is 1. The smallest absolute Gasteiger partial charge is 0.336 e. The lowest BCUT2D eigenvalue weighted by Gasteiger charge is -2.16. The van der Waals surface area contributed by atoms with Crippen LogP contribution >= 0.6 is 0 Å². The van der Waals surface area contributed by atoms with Crippen LogP contribution in [-0.2, 0) is 6.42 Å². The molecule has 1 N–H and O–H groups in total. The van der Waals surface area contributed by atoms with Crippen LogP contribution in [0.25, 0.3) is 11.0 Å². The van der Waals surface area contributed by atoms with Gasteiger partial charge in [0.2, 0.25) is 0 Å². The van der Waals surface area contributed by atoms with E-state index in [0.717, 1.165) is 10.9 Å². The second kappa shape index (κ2) is 5.45. The van der Waals surface area contributed by atoms with Crippen LogP contribution in [0.4, 0.5) is 0 Å². The van der Waals surface area contributed by atoms with Crippen molar-refractivity contribution < 1.29 is 14.3 Å². The normalized spacial score (nSPS) is 12.9. The molecule has 0 fully saturated rings. The van der Waals surface area contributed by atoms with Crippen LogP contribution in [0.2, 0.25) is 0 Å². The molecular formula is C15H18O4. The van der Waals surface area contributed by atoms with Gasteiger partial charge in [0.25, 0.3) is 0 Å². The van der Waals surface area contributed by atoms with Gasteiger partial charge < -0.3 is 14.3 Å². The highest BCUT2D eigenvalue weighted by Gasteiger charge is 2.14. The van der Waals surface area contributed by atoms with Gasteiger partial charge in [0.05, 0.1) is 13.2 Å². The number of aliphatic hydroxyl groups is 1. The largest absolute Gasteiger partial charge is 0.496 e. The van der Waals surface area contributed by atoms with Gasteiger partial charge in [-0.1, -0.05) is 13.8 Å². The molecule has 0 amide bonds. The Labute approximate surface area is 111 Å². The number of methoxy groups -OCH3 is 1. The lowest BCUT2D eigenvalue weighted by Crippen LogP contribution is -2.18. The molecule has 2 rings (SSSR count). The molecule has 102 valence electrons. The first-order valence-electron chi connectivity index (χ1n) is 6.30. The SMILES string of the molecule is COc1cc2oc(=O)ccc2cc1CC(O)C(C)C. The first-order valence-corrected chi connectivity index (χ1v) is 6.30. The van der Waals surface area contributed by atoms with Crippen molar-refractivity contribution in [1.82, 2.24) is 0 Å². The molecule has 1 unspecified atom stereocenters. The summed E-state index contributed by atoms with van der Waals surface area (Å²) in [5.41, 5.74) is 1.02. The molecule has 1 heterocycles. The van der Waals surface area contributed by atoms with Gasteiger partial charge in [0.15, 0.2) is 0 Å². The van der Waals surface area contributed by atoms with Crippen molar-refractivity contribution >= 4 is 11.0 Å². The van der Waals surface area contributed by atoms with Crippen molar-refractivity contribution in [2.75, 3.05) is 7.11 Å².